The Hall–Kier alpha value is -2.11. The summed E-state index contributed by atoms with van der Waals surface area (Å²) in [7, 11) is 1.65. The van der Waals surface area contributed by atoms with E-state index in [1.54, 1.807) is 17.9 Å². The van der Waals surface area contributed by atoms with E-state index in [1.165, 1.54) is 20.5 Å². The topological polar surface area (TPSA) is 97.0 Å². The predicted molar refractivity (Wildman–Crippen MR) is 131 cm³/mol. The van der Waals surface area contributed by atoms with Gasteiger partial charge in [-0.2, -0.15) is 0 Å². The van der Waals surface area contributed by atoms with Crippen LogP contribution in [0, 0.1) is 0 Å². The number of nitrogens with zero attached hydrogens (tertiary/aromatic N) is 4. The summed E-state index contributed by atoms with van der Waals surface area (Å²) in [5.41, 5.74) is 0.898. The van der Waals surface area contributed by atoms with Crippen molar-refractivity contribution in [3.8, 4) is 5.75 Å². The van der Waals surface area contributed by atoms with Crippen molar-refractivity contribution in [3.63, 3.8) is 0 Å². The molecule has 0 radical (unpaired) electrons. The molecule has 0 saturated carbocycles. The van der Waals surface area contributed by atoms with Crippen molar-refractivity contribution >= 4 is 63.5 Å². The van der Waals surface area contributed by atoms with Crippen LogP contribution in [0.2, 0.25) is 0 Å². The number of benzene rings is 1. The molecule has 0 aliphatic carbocycles. The van der Waals surface area contributed by atoms with Crippen LogP contribution >= 0.6 is 11.3 Å². The van der Waals surface area contributed by atoms with E-state index in [1.807, 2.05) is 24.3 Å². The second-order valence-corrected chi connectivity index (χ2v) is 8.48. The number of carboxylic acids is 1. The molecule has 2 aromatic heterocycles. The molecule has 1 aliphatic rings. The minimum absolute atomic E-state index is 0. The van der Waals surface area contributed by atoms with Gasteiger partial charge in [-0.05, 0) is 24.3 Å². The van der Waals surface area contributed by atoms with Crippen LogP contribution in [0.3, 0.4) is 0 Å². The molecule has 1 N–H and O–H groups in total. The second-order valence-electron chi connectivity index (χ2n) is 7.73. The Kier molecular flexibility index (Phi) is 8.77. The molecule has 1 aromatic carbocycles. The van der Waals surface area contributed by atoms with Gasteiger partial charge in [0.2, 0.25) is 0 Å². The molecule has 0 spiro atoms. The minimum atomic E-state index is -0.979. The molecule has 172 valence electrons. The van der Waals surface area contributed by atoms with Crippen molar-refractivity contribution in [1.82, 2.24) is 14.0 Å². The zero-order chi connectivity index (χ0) is 22.7. The molecule has 3 heterocycles. The van der Waals surface area contributed by atoms with Crippen molar-refractivity contribution in [2.45, 2.75) is 19.5 Å². The summed E-state index contributed by atoms with van der Waals surface area (Å²) in [6.07, 6.45) is -0.170. The summed E-state index contributed by atoms with van der Waals surface area (Å²) in [6.45, 7) is 4.27. The number of methoxy groups -OCH3 is 1. The Bertz CT molecular complexity index is 1210. The van der Waals surface area contributed by atoms with Gasteiger partial charge in [0.1, 0.15) is 5.75 Å². The first kappa shape index (κ1) is 25.5. The van der Waals surface area contributed by atoms with Crippen molar-refractivity contribution in [2.24, 2.45) is 0 Å². The zero-order valence-corrected chi connectivity index (χ0v) is 18.7. The molecule has 1 saturated heterocycles. The van der Waals surface area contributed by atoms with Gasteiger partial charge in [-0.1, -0.05) is 0 Å². The third-order valence-corrected chi connectivity index (χ3v) is 6.60. The number of ether oxygens (including phenoxy) is 1. The molecule has 3 aromatic rings. The van der Waals surface area contributed by atoms with Crippen molar-refractivity contribution in [1.29, 1.82) is 0 Å². The number of rotatable bonds is 8. The van der Waals surface area contributed by atoms with Gasteiger partial charge in [0.05, 0.1) is 24.4 Å². The molecule has 0 unspecified atom stereocenters. The summed E-state index contributed by atoms with van der Waals surface area (Å²) in [4.78, 5) is 41.4. The fraction of sp³-hybridized carbons (Fsp3) is 0.409. The van der Waals surface area contributed by atoms with Gasteiger partial charge in [-0.3, -0.25) is 23.6 Å². The van der Waals surface area contributed by atoms with E-state index >= 15 is 0 Å². The maximum absolute atomic E-state index is 13.0. The first-order valence-electron chi connectivity index (χ1n) is 10.5. The van der Waals surface area contributed by atoms with Gasteiger partial charge < -0.3 is 14.7 Å². The van der Waals surface area contributed by atoms with Crippen molar-refractivity contribution in [3.05, 3.63) is 55.9 Å². The maximum atomic E-state index is 13.0. The Labute approximate surface area is 217 Å². The van der Waals surface area contributed by atoms with E-state index in [0.29, 0.717) is 17.4 Å². The van der Waals surface area contributed by atoms with E-state index in [0.717, 1.165) is 37.6 Å². The molecule has 33 heavy (non-hydrogen) atoms. The molecule has 9 nitrogen and oxygen atoms in total. The Morgan fingerprint density at radius 2 is 1.70 bits per heavy atom. The SMILES string of the molecule is COc1ccc(N2CCN(CCn3c(=O)c4cscc4n(CCC(=O)O)c3=O)CC2)cc1.[NaH]. The first-order valence-corrected chi connectivity index (χ1v) is 11.4. The van der Waals surface area contributed by atoms with Gasteiger partial charge in [0.15, 0.2) is 0 Å². The number of hydrogen-bond donors (Lipinski definition) is 1. The van der Waals surface area contributed by atoms with Crippen molar-refractivity contribution in [2.75, 3.05) is 44.7 Å². The molecule has 0 bridgehead atoms. The fourth-order valence-corrected chi connectivity index (χ4v) is 4.83. The summed E-state index contributed by atoms with van der Waals surface area (Å²) >= 11 is 1.34. The van der Waals surface area contributed by atoms with Gasteiger partial charge in [0, 0.05) is 62.3 Å². The van der Waals surface area contributed by atoms with E-state index in [-0.39, 0.29) is 54.6 Å². The number of piperazine rings is 1. The summed E-state index contributed by atoms with van der Waals surface area (Å²) in [6, 6.07) is 7.99. The summed E-state index contributed by atoms with van der Waals surface area (Å²) in [5, 5.41) is 12.9. The molecule has 1 aliphatic heterocycles. The number of thiophene rings is 1. The van der Waals surface area contributed by atoms with Crippen LogP contribution in [0.25, 0.3) is 10.9 Å². The number of anilines is 1. The monoisotopic (exact) mass is 482 g/mol. The fourth-order valence-electron chi connectivity index (χ4n) is 4.03. The molecule has 0 amide bonds. The number of aromatic nitrogens is 2. The third-order valence-electron chi connectivity index (χ3n) is 5.87. The number of aryl methyl sites for hydroxylation is 1. The molecule has 11 heteroatoms. The Morgan fingerprint density at radius 1 is 1.00 bits per heavy atom. The van der Waals surface area contributed by atoms with Gasteiger partial charge in [0.25, 0.3) is 5.56 Å². The van der Waals surface area contributed by atoms with E-state index in [4.69, 9.17) is 9.84 Å². The normalized spacial score (nSPS) is 14.3. The molecule has 0 atom stereocenters. The quantitative estimate of drug-likeness (QED) is 0.476. The first-order chi connectivity index (χ1) is 15.5. The predicted octanol–water partition coefficient (Wildman–Crippen LogP) is 0.882. The summed E-state index contributed by atoms with van der Waals surface area (Å²) < 4.78 is 7.86. The van der Waals surface area contributed by atoms with Crippen molar-refractivity contribution < 1.29 is 14.6 Å². The standard InChI is InChI=1S/C22H26N4O5S.Na.H/c1-31-17-4-2-16(3-5-17)24-11-8-23(9-12-24)10-13-26-21(29)18-14-32-15-19(18)25(22(26)30)7-6-20(27)28;;/h2-5,14-15H,6-13H2,1H3,(H,27,28);;. The third kappa shape index (κ3) is 5.70. The Balaban J connectivity index is 0.00000306. The summed E-state index contributed by atoms with van der Waals surface area (Å²) in [5.74, 6) is -0.151. The van der Waals surface area contributed by atoms with Gasteiger partial charge in [-0.25, -0.2) is 4.79 Å². The molecule has 4 rings (SSSR count). The van der Waals surface area contributed by atoms with Crippen LogP contribution < -0.4 is 20.9 Å². The Morgan fingerprint density at radius 3 is 2.33 bits per heavy atom. The van der Waals surface area contributed by atoms with Crippen LogP contribution in [0.5, 0.6) is 5.75 Å². The van der Waals surface area contributed by atoms with Crippen LogP contribution in [0.4, 0.5) is 5.69 Å². The van der Waals surface area contributed by atoms with Crippen LogP contribution in [0.1, 0.15) is 6.42 Å². The number of carboxylic acid groups (broad SMARTS) is 1. The van der Waals surface area contributed by atoms with Gasteiger partial charge >= 0.3 is 41.2 Å². The zero-order valence-electron chi connectivity index (χ0n) is 17.9. The van der Waals surface area contributed by atoms with Crippen LogP contribution in [-0.4, -0.2) is 94.5 Å². The molecule has 1 fully saturated rings. The van der Waals surface area contributed by atoms with E-state index in [9.17, 15) is 14.4 Å². The number of fused-ring (bicyclic) bond motifs is 1. The average Bonchev–Trinajstić information content (AvgIpc) is 3.29. The number of hydrogen-bond acceptors (Lipinski definition) is 7. The van der Waals surface area contributed by atoms with Crippen LogP contribution in [0.15, 0.2) is 44.6 Å². The second kappa shape index (κ2) is 11.3. The molecular formula is C22H27N4NaO5S. The number of carbonyl (C=O) groups is 1. The van der Waals surface area contributed by atoms with Gasteiger partial charge in [-0.15, -0.1) is 11.3 Å². The van der Waals surface area contributed by atoms with E-state index < -0.39 is 11.7 Å². The van der Waals surface area contributed by atoms with E-state index in [2.05, 4.69) is 9.80 Å². The molecular weight excluding hydrogens is 455 g/mol. The average molecular weight is 483 g/mol. The number of aliphatic carboxylic acids is 1. The van der Waals surface area contributed by atoms with Crippen LogP contribution in [-0.2, 0) is 17.9 Å².